The van der Waals surface area contributed by atoms with Gasteiger partial charge < -0.3 is 34.5 Å². The van der Waals surface area contributed by atoms with Crippen LogP contribution < -0.4 is 15.4 Å². The van der Waals surface area contributed by atoms with Crippen molar-refractivity contribution >= 4 is 33.5 Å². The third kappa shape index (κ3) is 4.22. The van der Waals surface area contributed by atoms with Crippen LogP contribution in [-0.4, -0.2) is 82.1 Å². The van der Waals surface area contributed by atoms with Gasteiger partial charge in [0.15, 0.2) is 5.82 Å². The standard InChI is InChI=1S/C29H35FN6O3/c1-17-14-34(8-5-9-37)23-7-4-6-18-11-24(36(17)26(18)23)28-32-22-10-19(12-25(39-3)27(22)33(28)2)29(38)35-15-20(30)13-21(31)16-35/h4,6-7,10-12,17,20-21,37H,5,8-9,13-16,31H2,1-3H3/t17?,20-,21-/m1/s1. The van der Waals surface area contributed by atoms with Crippen LogP contribution >= 0.6 is 0 Å². The van der Waals surface area contributed by atoms with Crippen molar-refractivity contribution in [3.05, 3.63) is 42.0 Å². The lowest BCUT2D eigenvalue weighted by atomic mass is 10.0. The number of aryl methyl sites for hydroxylation is 1. The maximum absolute atomic E-state index is 14.2. The molecular weight excluding hydrogens is 499 g/mol. The van der Waals surface area contributed by atoms with E-state index < -0.39 is 6.17 Å². The fraction of sp³-hybridized carbons (Fsp3) is 0.448. The van der Waals surface area contributed by atoms with E-state index in [1.165, 1.54) is 4.90 Å². The number of nitrogens with zero attached hydrogens (tertiary/aromatic N) is 5. The number of ether oxygens (including phenoxy) is 1. The summed E-state index contributed by atoms with van der Waals surface area (Å²) in [5, 5.41) is 10.5. The summed E-state index contributed by atoms with van der Waals surface area (Å²) >= 11 is 0. The summed E-state index contributed by atoms with van der Waals surface area (Å²) in [5.41, 5.74) is 11.1. The average Bonchev–Trinajstić information content (AvgIpc) is 3.47. The largest absolute Gasteiger partial charge is 0.494 e. The second-order valence-electron chi connectivity index (χ2n) is 10.8. The minimum atomic E-state index is -1.13. The van der Waals surface area contributed by atoms with Crippen LogP contribution in [0, 0.1) is 0 Å². The first kappa shape index (κ1) is 25.6. The number of carbonyl (C=O) groups excluding carboxylic acids is 1. The summed E-state index contributed by atoms with van der Waals surface area (Å²) in [5.74, 6) is 1.04. The fourth-order valence-electron chi connectivity index (χ4n) is 6.36. The Kier molecular flexibility index (Phi) is 6.47. The maximum Gasteiger partial charge on any atom is 0.254 e. The van der Waals surface area contributed by atoms with Gasteiger partial charge in [0.05, 0.1) is 36.1 Å². The molecule has 4 aromatic rings. The molecule has 39 heavy (non-hydrogen) atoms. The monoisotopic (exact) mass is 534 g/mol. The van der Waals surface area contributed by atoms with Gasteiger partial charge in [-0.05, 0) is 44.0 Å². The number of benzene rings is 2. The number of halogens is 1. The third-order valence-electron chi connectivity index (χ3n) is 8.04. The molecule has 4 heterocycles. The molecule has 1 unspecified atom stereocenters. The highest BCUT2D eigenvalue weighted by Crippen LogP contribution is 2.41. The zero-order valence-electron chi connectivity index (χ0n) is 22.6. The maximum atomic E-state index is 14.2. The summed E-state index contributed by atoms with van der Waals surface area (Å²) in [6, 6.07) is 11.8. The molecule has 1 fully saturated rings. The van der Waals surface area contributed by atoms with Gasteiger partial charge in [-0.1, -0.05) is 12.1 Å². The van der Waals surface area contributed by atoms with Crippen LogP contribution in [0.5, 0.6) is 5.75 Å². The summed E-state index contributed by atoms with van der Waals surface area (Å²) < 4.78 is 24.3. The highest BCUT2D eigenvalue weighted by atomic mass is 19.1. The number of aromatic nitrogens is 3. The first-order valence-electron chi connectivity index (χ1n) is 13.5. The normalized spacial score (nSPS) is 21.2. The number of nitrogens with two attached hydrogens (primary N) is 1. The number of likely N-dealkylation sites (tertiary alicyclic amines) is 1. The minimum absolute atomic E-state index is 0.0377. The summed E-state index contributed by atoms with van der Waals surface area (Å²) in [6.45, 7) is 4.35. The van der Waals surface area contributed by atoms with Gasteiger partial charge in [-0.2, -0.15) is 0 Å². The molecule has 2 aromatic heterocycles. The number of piperidine rings is 1. The van der Waals surface area contributed by atoms with Crippen LogP contribution in [-0.2, 0) is 7.05 Å². The van der Waals surface area contributed by atoms with Gasteiger partial charge >= 0.3 is 0 Å². The van der Waals surface area contributed by atoms with Crippen LogP contribution in [0.15, 0.2) is 36.4 Å². The Labute approximate surface area is 226 Å². The van der Waals surface area contributed by atoms with Gasteiger partial charge in [0.1, 0.15) is 17.4 Å². The summed E-state index contributed by atoms with van der Waals surface area (Å²) in [4.78, 5) is 22.2. The number of alkyl halides is 1. The summed E-state index contributed by atoms with van der Waals surface area (Å²) in [7, 11) is 3.54. The van der Waals surface area contributed by atoms with Crippen molar-refractivity contribution in [3.63, 3.8) is 0 Å². The van der Waals surface area contributed by atoms with Gasteiger partial charge in [-0.15, -0.1) is 0 Å². The van der Waals surface area contributed by atoms with Gasteiger partial charge in [0.25, 0.3) is 5.91 Å². The molecule has 0 radical (unpaired) electrons. The Bertz CT molecular complexity index is 1550. The molecule has 206 valence electrons. The van der Waals surface area contributed by atoms with E-state index >= 15 is 0 Å². The second-order valence-corrected chi connectivity index (χ2v) is 10.8. The van der Waals surface area contributed by atoms with E-state index in [2.05, 4.69) is 40.7 Å². The smallest absolute Gasteiger partial charge is 0.254 e. The number of rotatable bonds is 6. The Morgan fingerprint density at radius 1 is 1.21 bits per heavy atom. The van der Waals surface area contributed by atoms with Gasteiger partial charge in [-0.3, -0.25) is 4.79 Å². The predicted molar refractivity (Wildman–Crippen MR) is 150 cm³/mol. The second kappa shape index (κ2) is 9.84. The molecule has 1 saturated heterocycles. The van der Waals surface area contributed by atoms with Crippen LogP contribution in [0.1, 0.15) is 36.2 Å². The number of para-hydroxylation sites is 1. The Hall–Kier alpha value is -3.63. The molecule has 6 rings (SSSR count). The Morgan fingerprint density at radius 3 is 2.77 bits per heavy atom. The van der Waals surface area contributed by atoms with E-state index in [1.54, 1.807) is 19.2 Å². The molecule has 0 bridgehead atoms. The number of amides is 1. The number of methoxy groups -OCH3 is 1. The van der Waals surface area contributed by atoms with Gasteiger partial charge in [0.2, 0.25) is 0 Å². The number of carbonyl (C=O) groups is 1. The number of aliphatic hydroxyl groups excluding tert-OH is 1. The highest BCUT2D eigenvalue weighted by Gasteiger charge is 2.31. The van der Waals surface area contributed by atoms with Crippen molar-refractivity contribution in [2.75, 3.05) is 44.8 Å². The van der Waals surface area contributed by atoms with Crippen molar-refractivity contribution < 1.29 is 19.0 Å². The number of aliphatic hydroxyl groups is 1. The van der Waals surface area contributed by atoms with Crippen molar-refractivity contribution in [1.82, 2.24) is 19.0 Å². The number of anilines is 1. The molecule has 3 N–H and O–H groups in total. The summed E-state index contributed by atoms with van der Waals surface area (Å²) in [6.07, 6.45) is -0.141. The lowest BCUT2D eigenvalue weighted by Gasteiger charge is -2.35. The molecule has 3 atom stereocenters. The molecule has 0 spiro atoms. The number of hydrogen-bond donors (Lipinski definition) is 2. The first-order chi connectivity index (χ1) is 18.8. The van der Waals surface area contributed by atoms with E-state index in [0.29, 0.717) is 23.4 Å². The molecule has 2 aromatic carbocycles. The average molecular weight is 535 g/mol. The Balaban J connectivity index is 1.46. The molecule has 9 nitrogen and oxygen atoms in total. The minimum Gasteiger partial charge on any atom is -0.494 e. The molecule has 10 heteroatoms. The quantitative estimate of drug-likeness (QED) is 0.393. The van der Waals surface area contributed by atoms with E-state index in [1.807, 2.05) is 11.6 Å². The van der Waals surface area contributed by atoms with E-state index in [9.17, 15) is 14.3 Å². The predicted octanol–water partition coefficient (Wildman–Crippen LogP) is 3.48. The van der Waals surface area contributed by atoms with Crippen LogP contribution in [0.25, 0.3) is 33.5 Å². The molecule has 2 aliphatic heterocycles. The van der Waals surface area contributed by atoms with E-state index in [4.69, 9.17) is 15.5 Å². The zero-order chi connectivity index (χ0) is 27.4. The van der Waals surface area contributed by atoms with Gasteiger partial charge in [-0.25, -0.2) is 9.37 Å². The van der Waals surface area contributed by atoms with Crippen molar-refractivity contribution in [1.29, 1.82) is 0 Å². The number of hydrogen-bond acceptors (Lipinski definition) is 6. The number of imidazole rings is 1. The fourth-order valence-corrected chi connectivity index (χ4v) is 6.36. The van der Waals surface area contributed by atoms with E-state index in [0.717, 1.165) is 53.1 Å². The van der Waals surface area contributed by atoms with Crippen LogP contribution in [0.4, 0.5) is 10.1 Å². The molecule has 0 saturated carbocycles. The molecule has 0 aliphatic carbocycles. The molecule has 2 aliphatic rings. The lowest BCUT2D eigenvalue weighted by molar-refractivity contribution is 0.0606. The lowest BCUT2D eigenvalue weighted by Crippen LogP contribution is -2.50. The van der Waals surface area contributed by atoms with Crippen molar-refractivity contribution in [2.24, 2.45) is 12.8 Å². The van der Waals surface area contributed by atoms with Crippen LogP contribution in [0.3, 0.4) is 0 Å². The van der Waals surface area contributed by atoms with Crippen molar-refractivity contribution in [2.45, 2.75) is 38.0 Å². The highest BCUT2D eigenvalue weighted by molar-refractivity contribution is 6.01. The number of fused-ring (bicyclic) bond motifs is 1. The molecular formula is C29H35FN6O3. The SMILES string of the molecule is COc1cc(C(=O)N2C[C@H](N)C[C@@H](F)C2)cc2nc(-c3cc4cccc5c4n3C(C)CN5CCCO)n(C)c12. The first-order valence-corrected chi connectivity index (χ1v) is 13.5. The molecule has 1 amide bonds. The van der Waals surface area contributed by atoms with E-state index in [-0.39, 0.29) is 37.6 Å². The third-order valence-corrected chi connectivity index (χ3v) is 8.04. The van der Waals surface area contributed by atoms with Crippen LogP contribution in [0.2, 0.25) is 0 Å². The van der Waals surface area contributed by atoms with Crippen molar-refractivity contribution in [3.8, 4) is 17.3 Å². The van der Waals surface area contributed by atoms with Gasteiger partial charge in [0, 0.05) is 56.3 Å². The Morgan fingerprint density at radius 2 is 2.03 bits per heavy atom. The topological polar surface area (TPSA) is 102 Å². The zero-order valence-corrected chi connectivity index (χ0v) is 22.6.